The van der Waals surface area contributed by atoms with Crippen LogP contribution in [-0.2, 0) is 4.79 Å². The number of rotatable bonds is 4. The molecule has 1 aromatic carbocycles. The maximum atomic E-state index is 12.1. The van der Waals surface area contributed by atoms with Crippen molar-refractivity contribution in [2.75, 3.05) is 18.5 Å². The lowest BCUT2D eigenvalue weighted by molar-refractivity contribution is -0.118. The van der Waals surface area contributed by atoms with Crippen LogP contribution in [-0.4, -0.2) is 30.1 Å². The molecule has 7 heteroatoms. The van der Waals surface area contributed by atoms with Crippen LogP contribution in [0, 0.1) is 0 Å². The van der Waals surface area contributed by atoms with E-state index in [0.29, 0.717) is 22.8 Å². The minimum absolute atomic E-state index is 0.0288. The van der Waals surface area contributed by atoms with E-state index in [0.717, 1.165) is 0 Å². The lowest BCUT2D eigenvalue weighted by Gasteiger charge is -2.18. The molecule has 0 saturated heterocycles. The molecule has 2 heterocycles. The molecule has 1 aliphatic rings. The van der Waals surface area contributed by atoms with E-state index in [1.54, 1.807) is 30.3 Å². The van der Waals surface area contributed by atoms with Crippen LogP contribution in [0.4, 0.5) is 5.69 Å². The lowest BCUT2D eigenvalue weighted by Crippen LogP contribution is -2.29. The van der Waals surface area contributed by atoms with Crippen molar-refractivity contribution in [3.63, 3.8) is 0 Å². The summed E-state index contributed by atoms with van der Waals surface area (Å²) in [6.07, 6.45) is 0.544. The van der Waals surface area contributed by atoms with Crippen LogP contribution in [0.1, 0.15) is 22.2 Å². The van der Waals surface area contributed by atoms with Crippen LogP contribution in [0.2, 0.25) is 0 Å². The number of amides is 2. The van der Waals surface area contributed by atoms with Crippen LogP contribution in [0.25, 0.3) is 0 Å². The number of aliphatic hydroxyl groups excluding tert-OH is 1. The second kappa shape index (κ2) is 5.90. The number of carbonyl (C=O) groups excluding carboxylic acids is 2. The van der Waals surface area contributed by atoms with Gasteiger partial charge in [0.2, 0.25) is 0 Å². The van der Waals surface area contributed by atoms with Gasteiger partial charge in [0, 0.05) is 5.56 Å². The van der Waals surface area contributed by atoms with Gasteiger partial charge < -0.3 is 24.9 Å². The van der Waals surface area contributed by atoms with Gasteiger partial charge in [0.05, 0.1) is 18.5 Å². The minimum atomic E-state index is -0.910. The summed E-state index contributed by atoms with van der Waals surface area (Å²) in [5.74, 6) is 0.246. The number of carbonyl (C=O) groups is 2. The van der Waals surface area contributed by atoms with E-state index in [1.807, 2.05) is 0 Å². The number of benzene rings is 1. The molecule has 1 atom stereocenters. The first kappa shape index (κ1) is 14.2. The predicted octanol–water partition coefficient (Wildman–Crippen LogP) is 1.07. The van der Waals surface area contributed by atoms with E-state index in [2.05, 4.69) is 10.6 Å². The normalized spacial score (nSPS) is 14.5. The Morgan fingerprint density at radius 2 is 2.27 bits per heavy atom. The Hall–Kier alpha value is -2.80. The highest BCUT2D eigenvalue weighted by atomic mass is 16.5. The fourth-order valence-electron chi connectivity index (χ4n) is 2.09. The Kier molecular flexibility index (Phi) is 3.80. The number of fused-ring (bicyclic) bond motifs is 1. The third-order valence-electron chi connectivity index (χ3n) is 3.20. The van der Waals surface area contributed by atoms with Crippen LogP contribution in [0.5, 0.6) is 5.75 Å². The Labute approximate surface area is 125 Å². The summed E-state index contributed by atoms with van der Waals surface area (Å²) >= 11 is 0. The first-order valence-corrected chi connectivity index (χ1v) is 6.70. The lowest BCUT2D eigenvalue weighted by atomic mass is 10.1. The van der Waals surface area contributed by atoms with Crippen molar-refractivity contribution in [3.05, 3.63) is 47.9 Å². The molecule has 3 rings (SSSR count). The molecule has 0 aliphatic carbocycles. The van der Waals surface area contributed by atoms with E-state index >= 15 is 0 Å². The highest BCUT2D eigenvalue weighted by molar-refractivity contribution is 5.98. The van der Waals surface area contributed by atoms with Crippen molar-refractivity contribution < 1.29 is 23.8 Å². The summed E-state index contributed by atoms with van der Waals surface area (Å²) in [6.45, 7) is -0.0453. The van der Waals surface area contributed by atoms with Crippen LogP contribution < -0.4 is 15.4 Å². The molecule has 1 unspecified atom stereocenters. The Bertz CT molecular complexity index is 696. The van der Waals surface area contributed by atoms with Gasteiger partial charge in [-0.3, -0.25) is 9.59 Å². The molecule has 22 heavy (non-hydrogen) atoms. The molecule has 0 fully saturated rings. The number of anilines is 1. The Morgan fingerprint density at radius 3 is 3.05 bits per heavy atom. The largest absolute Gasteiger partial charge is 0.482 e. The van der Waals surface area contributed by atoms with Crippen LogP contribution in [0.3, 0.4) is 0 Å². The molecular weight excluding hydrogens is 288 g/mol. The maximum Gasteiger partial charge on any atom is 0.262 e. The molecule has 0 spiro atoms. The predicted molar refractivity (Wildman–Crippen MR) is 76.6 cm³/mol. The molecule has 0 bridgehead atoms. The van der Waals surface area contributed by atoms with E-state index in [9.17, 15) is 14.7 Å². The molecule has 0 radical (unpaired) electrons. The smallest absolute Gasteiger partial charge is 0.262 e. The molecule has 114 valence electrons. The van der Waals surface area contributed by atoms with E-state index in [-0.39, 0.29) is 25.0 Å². The topological polar surface area (TPSA) is 101 Å². The van der Waals surface area contributed by atoms with Crippen molar-refractivity contribution in [2.45, 2.75) is 6.10 Å². The summed E-state index contributed by atoms with van der Waals surface area (Å²) in [5, 5.41) is 15.1. The maximum absolute atomic E-state index is 12.1. The number of aliphatic hydroxyl groups is 1. The highest BCUT2D eigenvalue weighted by Crippen LogP contribution is 2.28. The number of hydrogen-bond acceptors (Lipinski definition) is 5. The van der Waals surface area contributed by atoms with Crippen molar-refractivity contribution in [1.29, 1.82) is 0 Å². The van der Waals surface area contributed by atoms with Crippen LogP contribution >= 0.6 is 0 Å². The minimum Gasteiger partial charge on any atom is -0.482 e. The summed E-state index contributed by atoms with van der Waals surface area (Å²) < 4.78 is 10.3. The number of furan rings is 1. The summed E-state index contributed by atoms with van der Waals surface area (Å²) in [4.78, 5) is 23.3. The molecule has 1 aromatic heterocycles. The number of ether oxygens (including phenoxy) is 1. The van der Waals surface area contributed by atoms with E-state index in [4.69, 9.17) is 9.15 Å². The Balaban J connectivity index is 1.64. The standard InChI is InChI=1S/C15H14N2O5/c18-11(12-2-1-5-21-12)7-16-15(20)9-3-4-10-13(6-9)22-8-14(19)17-10/h1-6,11,18H,7-8H2,(H,16,20)(H,17,19). The van der Waals surface area contributed by atoms with Gasteiger partial charge >= 0.3 is 0 Å². The second-order valence-corrected chi connectivity index (χ2v) is 4.79. The van der Waals surface area contributed by atoms with Crippen molar-refractivity contribution in [3.8, 4) is 5.75 Å². The first-order chi connectivity index (χ1) is 10.6. The van der Waals surface area contributed by atoms with Crippen molar-refractivity contribution in [2.24, 2.45) is 0 Å². The second-order valence-electron chi connectivity index (χ2n) is 4.79. The SMILES string of the molecule is O=C1COc2cc(C(=O)NCC(O)c3ccco3)ccc2N1. The van der Waals surface area contributed by atoms with Gasteiger partial charge in [-0.1, -0.05) is 0 Å². The first-order valence-electron chi connectivity index (χ1n) is 6.70. The van der Waals surface area contributed by atoms with Gasteiger partial charge in [0.25, 0.3) is 11.8 Å². The summed E-state index contributed by atoms with van der Waals surface area (Å²) in [6, 6.07) is 8.01. The average molecular weight is 302 g/mol. The summed E-state index contributed by atoms with van der Waals surface area (Å²) in [7, 11) is 0. The highest BCUT2D eigenvalue weighted by Gasteiger charge is 2.18. The average Bonchev–Trinajstić information content (AvgIpc) is 3.06. The quantitative estimate of drug-likeness (QED) is 0.784. The van der Waals surface area contributed by atoms with Crippen molar-refractivity contribution >= 4 is 17.5 Å². The van der Waals surface area contributed by atoms with Gasteiger partial charge in [-0.15, -0.1) is 0 Å². The van der Waals surface area contributed by atoms with Gasteiger partial charge in [-0.25, -0.2) is 0 Å². The zero-order chi connectivity index (χ0) is 15.5. The zero-order valence-electron chi connectivity index (χ0n) is 11.5. The zero-order valence-corrected chi connectivity index (χ0v) is 11.5. The van der Waals surface area contributed by atoms with Crippen LogP contribution in [0.15, 0.2) is 41.0 Å². The molecular formula is C15H14N2O5. The third-order valence-corrected chi connectivity index (χ3v) is 3.20. The molecule has 0 saturated carbocycles. The number of hydrogen-bond donors (Lipinski definition) is 3. The van der Waals surface area contributed by atoms with E-state index < -0.39 is 6.10 Å². The molecule has 2 aromatic rings. The molecule has 2 amide bonds. The fraction of sp³-hybridized carbons (Fsp3) is 0.200. The molecule has 7 nitrogen and oxygen atoms in total. The van der Waals surface area contributed by atoms with Gasteiger partial charge in [-0.05, 0) is 30.3 Å². The summed E-state index contributed by atoms with van der Waals surface area (Å²) in [5.41, 5.74) is 0.907. The van der Waals surface area contributed by atoms with Gasteiger partial charge in [0.1, 0.15) is 17.6 Å². The third kappa shape index (κ3) is 2.94. The monoisotopic (exact) mass is 302 g/mol. The van der Waals surface area contributed by atoms with Gasteiger partial charge in [-0.2, -0.15) is 0 Å². The van der Waals surface area contributed by atoms with Gasteiger partial charge in [0.15, 0.2) is 6.61 Å². The molecule has 1 aliphatic heterocycles. The van der Waals surface area contributed by atoms with Crippen molar-refractivity contribution in [1.82, 2.24) is 5.32 Å². The molecule has 3 N–H and O–H groups in total. The number of nitrogens with one attached hydrogen (secondary N) is 2. The Morgan fingerprint density at radius 1 is 1.41 bits per heavy atom. The van der Waals surface area contributed by atoms with E-state index in [1.165, 1.54) is 6.26 Å². The fourth-order valence-corrected chi connectivity index (χ4v) is 2.09.